The monoisotopic (exact) mass is 394 g/mol. The Morgan fingerprint density at radius 2 is 1.79 bits per heavy atom. The third-order valence-corrected chi connectivity index (χ3v) is 5.64. The highest BCUT2D eigenvalue weighted by atomic mass is 32.1. The molecule has 0 atom stereocenters. The minimum Gasteiger partial charge on any atom is -0.376 e. The minimum atomic E-state index is 0.0594. The number of thiocarbonyl (C=S) groups is 1. The molecule has 0 radical (unpaired) electrons. The van der Waals surface area contributed by atoms with Gasteiger partial charge in [-0.3, -0.25) is 4.79 Å². The molecule has 2 aromatic rings. The van der Waals surface area contributed by atoms with Gasteiger partial charge in [-0.25, -0.2) is 0 Å². The molecule has 0 bridgehead atoms. The van der Waals surface area contributed by atoms with Crippen molar-refractivity contribution in [2.45, 2.75) is 24.7 Å². The van der Waals surface area contributed by atoms with Crippen LogP contribution in [0.5, 0.6) is 0 Å². The lowest BCUT2D eigenvalue weighted by Crippen LogP contribution is -2.45. The fraction of sp³-hybridized carbons (Fsp3) is 0.318. The zero-order valence-corrected chi connectivity index (χ0v) is 16.8. The van der Waals surface area contributed by atoms with Crippen LogP contribution in [0.1, 0.15) is 35.2 Å². The first-order chi connectivity index (χ1) is 13.5. The Morgan fingerprint density at radius 1 is 1.14 bits per heavy atom. The average Bonchev–Trinajstić information content (AvgIpc) is 2.73. The molecule has 3 N–H and O–H groups in total. The van der Waals surface area contributed by atoms with Crippen molar-refractivity contribution in [3.63, 3.8) is 0 Å². The van der Waals surface area contributed by atoms with E-state index < -0.39 is 0 Å². The first kappa shape index (κ1) is 20.0. The molecule has 28 heavy (non-hydrogen) atoms. The Balaban J connectivity index is 1.69. The number of aliphatic imine (C=N–C) groups is 1. The van der Waals surface area contributed by atoms with Crippen molar-refractivity contribution in [1.29, 1.82) is 0 Å². The standard InChI is InChI=1S/C22H26N4OS/c1-24-14-11-22(18-5-3-2-4-6-18)12-15-26(16-13-22)20(27)17-7-9-19(10-8-17)25-21(23)28/h2-10H,1,11-16H2,(H3,23,25,28). The molecule has 3 rings (SSSR count). The molecule has 0 aromatic heterocycles. The molecule has 146 valence electrons. The van der Waals surface area contributed by atoms with Gasteiger partial charge in [0.2, 0.25) is 0 Å². The zero-order chi connectivity index (χ0) is 20.0. The van der Waals surface area contributed by atoms with Crippen molar-refractivity contribution >= 4 is 35.6 Å². The van der Waals surface area contributed by atoms with Gasteiger partial charge in [0.1, 0.15) is 0 Å². The molecule has 0 unspecified atom stereocenters. The number of hydrogen-bond donors (Lipinski definition) is 2. The van der Waals surface area contributed by atoms with Gasteiger partial charge in [0, 0.05) is 36.3 Å². The number of nitrogens with two attached hydrogens (primary N) is 1. The van der Waals surface area contributed by atoms with E-state index in [1.807, 2.05) is 35.2 Å². The van der Waals surface area contributed by atoms with E-state index in [4.69, 9.17) is 18.0 Å². The van der Waals surface area contributed by atoms with Gasteiger partial charge in [0.05, 0.1) is 0 Å². The molecule has 1 aliphatic heterocycles. The van der Waals surface area contributed by atoms with Crippen LogP contribution in [0.2, 0.25) is 0 Å². The number of amides is 1. The highest BCUT2D eigenvalue weighted by Gasteiger charge is 2.37. The van der Waals surface area contributed by atoms with Crippen LogP contribution in [0.4, 0.5) is 5.69 Å². The summed E-state index contributed by atoms with van der Waals surface area (Å²) in [5.41, 5.74) is 8.33. The molecular weight excluding hydrogens is 368 g/mol. The molecule has 5 nitrogen and oxygen atoms in total. The largest absolute Gasteiger partial charge is 0.376 e. The van der Waals surface area contributed by atoms with Crippen LogP contribution < -0.4 is 11.1 Å². The first-order valence-electron chi connectivity index (χ1n) is 9.48. The molecule has 1 amide bonds. The molecule has 2 aromatic carbocycles. The van der Waals surface area contributed by atoms with Gasteiger partial charge in [0.15, 0.2) is 5.11 Å². The summed E-state index contributed by atoms with van der Waals surface area (Å²) in [6, 6.07) is 17.8. The van der Waals surface area contributed by atoms with E-state index in [9.17, 15) is 4.79 Å². The van der Waals surface area contributed by atoms with Crippen molar-refractivity contribution in [2.75, 3.05) is 25.0 Å². The molecule has 1 saturated heterocycles. The van der Waals surface area contributed by atoms with Crippen LogP contribution in [-0.2, 0) is 5.41 Å². The van der Waals surface area contributed by atoms with Crippen molar-refractivity contribution in [3.05, 3.63) is 65.7 Å². The second-order valence-electron chi connectivity index (χ2n) is 7.20. The second-order valence-corrected chi connectivity index (χ2v) is 7.64. The van der Waals surface area contributed by atoms with Gasteiger partial charge >= 0.3 is 0 Å². The minimum absolute atomic E-state index is 0.0594. The number of nitrogens with zero attached hydrogens (tertiary/aromatic N) is 2. The van der Waals surface area contributed by atoms with Gasteiger partial charge in [-0.05, 0) is 68.0 Å². The van der Waals surface area contributed by atoms with Crippen molar-refractivity contribution in [1.82, 2.24) is 4.90 Å². The third kappa shape index (κ3) is 4.57. The van der Waals surface area contributed by atoms with Gasteiger partial charge in [-0.2, -0.15) is 0 Å². The second kappa shape index (κ2) is 8.97. The number of anilines is 1. The summed E-state index contributed by atoms with van der Waals surface area (Å²) in [6.07, 6.45) is 2.82. The number of carbonyl (C=O) groups is 1. The van der Waals surface area contributed by atoms with E-state index in [2.05, 4.69) is 41.3 Å². The van der Waals surface area contributed by atoms with Crippen molar-refractivity contribution in [2.24, 2.45) is 10.7 Å². The number of benzene rings is 2. The fourth-order valence-corrected chi connectivity index (χ4v) is 4.04. The van der Waals surface area contributed by atoms with Crippen LogP contribution in [-0.4, -0.2) is 42.3 Å². The Hall–Kier alpha value is -2.73. The number of piperidine rings is 1. The molecule has 0 saturated carbocycles. The number of likely N-dealkylation sites (tertiary alicyclic amines) is 1. The highest BCUT2D eigenvalue weighted by molar-refractivity contribution is 7.80. The van der Waals surface area contributed by atoms with Gasteiger partial charge in [-0.15, -0.1) is 0 Å². The summed E-state index contributed by atoms with van der Waals surface area (Å²) < 4.78 is 0. The van der Waals surface area contributed by atoms with Crippen LogP contribution in [0, 0.1) is 0 Å². The normalized spacial score (nSPS) is 15.6. The lowest BCUT2D eigenvalue weighted by atomic mass is 9.70. The maximum Gasteiger partial charge on any atom is 0.253 e. The Kier molecular flexibility index (Phi) is 6.41. The summed E-state index contributed by atoms with van der Waals surface area (Å²) >= 11 is 4.84. The van der Waals surface area contributed by atoms with E-state index in [1.165, 1.54) is 5.56 Å². The number of hydrogen-bond acceptors (Lipinski definition) is 3. The highest BCUT2D eigenvalue weighted by Crippen LogP contribution is 2.39. The van der Waals surface area contributed by atoms with E-state index in [-0.39, 0.29) is 16.4 Å². The molecule has 1 heterocycles. The topological polar surface area (TPSA) is 70.7 Å². The molecule has 1 aliphatic rings. The average molecular weight is 395 g/mol. The van der Waals surface area contributed by atoms with Crippen LogP contribution in [0.25, 0.3) is 0 Å². The van der Waals surface area contributed by atoms with Crippen LogP contribution in [0.15, 0.2) is 59.6 Å². The maximum absolute atomic E-state index is 12.9. The quantitative estimate of drug-likeness (QED) is 0.580. The number of nitrogens with one attached hydrogen (secondary N) is 1. The van der Waals surface area contributed by atoms with E-state index in [1.54, 1.807) is 0 Å². The molecule has 1 fully saturated rings. The Bertz CT molecular complexity index is 827. The molecule has 0 aliphatic carbocycles. The van der Waals surface area contributed by atoms with Gasteiger partial charge < -0.3 is 20.9 Å². The maximum atomic E-state index is 12.9. The van der Waals surface area contributed by atoms with Crippen LogP contribution in [0.3, 0.4) is 0 Å². The first-order valence-corrected chi connectivity index (χ1v) is 9.89. The van der Waals surface area contributed by atoms with E-state index in [0.717, 1.165) is 44.6 Å². The molecule has 6 heteroatoms. The Labute approximate surface area is 171 Å². The third-order valence-electron chi connectivity index (χ3n) is 5.54. The lowest BCUT2D eigenvalue weighted by Gasteiger charge is -2.42. The van der Waals surface area contributed by atoms with Crippen LogP contribution >= 0.6 is 12.2 Å². The van der Waals surface area contributed by atoms with Gasteiger partial charge in [-0.1, -0.05) is 30.3 Å². The van der Waals surface area contributed by atoms with Crippen molar-refractivity contribution < 1.29 is 4.79 Å². The fourth-order valence-electron chi connectivity index (χ4n) is 3.93. The van der Waals surface area contributed by atoms with E-state index >= 15 is 0 Å². The summed E-state index contributed by atoms with van der Waals surface area (Å²) in [6.45, 7) is 5.85. The lowest BCUT2D eigenvalue weighted by molar-refractivity contribution is 0.0660. The molecular formula is C22H26N4OS. The predicted octanol–water partition coefficient (Wildman–Crippen LogP) is 3.61. The zero-order valence-electron chi connectivity index (χ0n) is 15.9. The van der Waals surface area contributed by atoms with Crippen molar-refractivity contribution in [3.8, 4) is 0 Å². The SMILES string of the molecule is C=NCCC1(c2ccccc2)CCN(C(=O)c2ccc(NC(N)=S)cc2)CC1. The van der Waals surface area contributed by atoms with Gasteiger partial charge in [0.25, 0.3) is 5.91 Å². The summed E-state index contributed by atoms with van der Waals surface area (Å²) in [4.78, 5) is 18.9. The summed E-state index contributed by atoms with van der Waals surface area (Å²) in [7, 11) is 0. The summed E-state index contributed by atoms with van der Waals surface area (Å²) in [5, 5.41) is 3.08. The molecule has 0 spiro atoms. The summed E-state index contributed by atoms with van der Waals surface area (Å²) in [5.74, 6) is 0.0605. The Morgan fingerprint density at radius 3 is 2.36 bits per heavy atom. The predicted molar refractivity (Wildman–Crippen MR) is 119 cm³/mol. The number of carbonyl (C=O) groups excluding carboxylic acids is 1. The van der Waals surface area contributed by atoms with E-state index in [0.29, 0.717) is 5.56 Å². The number of rotatable bonds is 6. The smallest absolute Gasteiger partial charge is 0.253 e.